The molecule has 2 aromatic carbocycles. The third kappa shape index (κ3) is 3.63. The molecule has 0 bridgehead atoms. The van der Waals surface area contributed by atoms with Gasteiger partial charge in [0, 0.05) is 3.57 Å². The Hall–Kier alpha value is -0.290. The van der Waals surface area contributed by atoms with Gasteiger partial charge in [0.25, 0.3) is 0 Å². The second-order valence-electron chi connectivity index (χ2n) is 4.19. The van der Waals surface area contributed by atoms with Crippen LogP contribution < -0.4 is 5.32 Å². The van der Waals surface area contributed by atoms with Crippen molar-refractivity contribution in [1.82, 2.24) is 5.32 Å². The lowest BCUT2D eigenvalue weighted by molar-refractivity contribution is 0.631. The smallest absolute Gasteiger partial charge is 0.0643 e. The maximum Gasteiger partial charge on any atom is 0.0643 e. The molecule has 1 N–H and O–H groups in total. The third-order valence-corrected chi connectivity index (χ3v) is 4.46. The van der Waals surface area contributed by atoms with Crippen molar-refractivity contribution in [1.29, 1.82) is 0 Å². The Balaban J connectivity index is 2.45. The molecule has 0 spiro atoms. The summed E-state index contributed by atoms with van der Waals surface area (Å²) in [5, 5.41) is 4.67. The van der Waals surface area contributed by atoms with E-state index in [9.17, 15) is 0 Å². The first kappa shape index (κ1) is 15.1. The van der Waals surface area contributed by atoms with Crippen LogP contribution in [0.4, 0.5) is 0 Å². The summed E-state index contributed by atoms with van der Waals surface area (Å²) >= 11 is 14.7. The molecule has 0 aromatic heterocycles. The van der Waals surface area contributed by atoms with Crippen LogP contribution in [0, 0.1) is 3.57 Å². The topological polar surface area (TPSA) is 12.0 Å². The van der Waals surface area contributed by atoms with E-state index >= 15 is 0 Å². The van der Waals surface area contributed by atoms with E-state index in [1.165, 1.54) is 9.13 Å². The lowest BCUT2D eigenvalue weighted by atomic mass is 9.98. The highest BCUT2D eigenvalue weighted by molar-refractivity contribution is 14.1. The van der Waals surface area contributed by atoms with Crippen LogP contribution in [0.25, 0.3) is 0 Å². The summed E-state index contributed by atoms with van der Waals surface area (Å²) in [5.74, 6) is 0. The molecule has 4 heteroatoms. The van der Waals surface area contributed by atoms with Gasteiger partial charge in [0.1, 0.15) is 0 Å². The fraction of sp³-hybridized carbons (Fsp3) is 0.200. The van der Waals surface area contributed by atoms with Crippen molar-refractivity contribution in [2.75, 3.05) is 6.54 Å². The number of hydrogen-bond acceptors (Lipinski definition) is 1. The summed E-state index contributed by atoms with van der Waals surface area (Å²) in [4.78, 5) is 0. The van der Waals surface area contributed by atoms with Gasteiger partial charge in [-0.25, -0.2) is 0 Å². The van der Waals surface area contributed by atoms with E-state index in [-0.39, 0.29) is 6.04 Å². The summed E-state index contributed by atoms with van der Waals surface area (Å²) in [6.45, 7) is 2.94. The molecule has 0 amide bonds. The van der Waals surface area contributed by atoms with Crippen LogP contribution in [0.3, 0.4) is 0 Å². The van der Waals surface area contributed by atoms with Crippen LogP contribution >= 0.6 is 45.8 Å². The second kappa shape index (κ2) is 6.93. The van der Waals surface area contributed by atoms with Crippen LogP contribution in [-0.2, 0) is 0 Å². The lowest BCUT2D eigenvalue weighted by Crippen LogP contribution is -2.22. The van der Waals surface area contributed by atoms with Crippen molar-refractivity contribution in [3.8, 4) is 0 Å². The van der Waals surface area contributed by atoms with Crippen LogP contribution in [0.15, 0.2) is 42.5 Å². The van der Waals surface area contributed by atoms with Gasteiger partial charge in [0.05, 0.1) is 16.1 Å². The van der Waals surface area contributed by atoms with Crippen molar-refractivity contribution < 1.29 is 0 Å². The predicted molar refractivity (Wildman–Crippen MR) is 91.1 cm³/mol. The Kier molecular flexibility index (Phi) is 5.51. The van der Waals surface area contributed by atoms with Crippen molar-refractivity contribution in [2.24, 2.45) is 0 Å². The fourth-order valence-electron chi connectivity index (χ4n) is 2.01. The summed E-state index contributed by atoms with van der Waals surface area (Å²) in [5.41, 5.74) is 2.20. The Bertz CT molecular complexity index is 555. The van der Waals surface area contributed by atoms with Gasteiger partial charge in [-0.3, -0.25) is 0 Å². The van der Waals surface area contributed by atoms with Crippen molar-refractivity contribution >= 4 is 45.8 Å². The van der Waals surface area contributed by atoms with Gasteiger partial charge in [-0.2, -0.15) is 0 Å². The van der Waals surface area contributed by atoms with E-state index in [2.05, 4.69) is 59.1 Å². The van der Waals surface area contributed by atoms with Crippen LogP contribution in [0.2, 0.25) is 10.0 Å². The number of halogens is 3. The maximum atomic E-state index is 6.33. The standard InChI is InChI=1S/C15H14Cl2IN/c1-2-19-15(10-6-8-11(18)9-7-10)12-4-3-5-13(16)14(12)17/h3-9,15,19H,2H2,1H3. The zero-order chi connectivity index (χ0) is 13.8. The highest BCUT2D eigenvalue weighted by Gasteiger charge is 2.17. The van der Waals surface area contributed by atoms with Gasteiger partial charge in [-0.15, -0.1) is 0 Å². The van der Waals surface area contributed by atoms with Crippen molar-refractivity contribution in [2.45, 2.75) is 13.0 Å². The van der Waals surface area contributed by atoms with Crippen LogP contribution in [0.5, 0.6) is 0 Å². The van der Waals surface area contributed by atoms with Gasteiger partial charge < -0.3 is 5.32 Å². The molecule has 100 valence electrons. The molecule has 1 atom stereocenters. The minimum atomic E-state index is 0.0631. The number of benzene rings is 2. The van der Waals surface area contributed by atoms with E-state index < -0.39 is 0 Å². The molecule has 0 aliphatic heterocycles. The normalized spacial score (nSPS) is 12.4. The SMILES string of the molecule is CCNC(c1ccc(I)cc1)c1cccc(Cl)c1Cl. The van der Waals surface area contributed by atoms with Gasteiger partial charge in [0.15, 0.2) is 0 Å². The summed E-state index contributed by atoms with van der Waals surface area (Å²) < 4.78 is 1.22. The highest BCUT2D eigenvalue weighted by atomic mass is 127. The zero-order valence-corrected chi connectivity index (χ0v) is 14.1. The first-order valence-corrected chi connectivity index (χ1v) is 7.89. The van der Waals surface area contributed by atoms with Crippen LogP contribution in [-0.4, -0.2) is 6.54 Å². The number of nitrogens with one attached hydrogen (secondary N) is 1. The zero-order valence-electron chi connectivity index (χ0n) is 10.5. The molecule has 0 radical (unpaired) electrons. The Morgan fingerprint density at radius 2 is 1.79 bits per heavy atom. The largest absolute Gasteiger partial charge is 0.306 e. The van der Waals surface area contributed by atoms with E-state index in [1.807, 2.05) is 18.2 Å². The van der Waals surface area contributed by atoms with Gasteiger partial charge in [-0.05, 0) is 58.5 Å². The average Bonchev–Trinajstić information content (AvgIpc) is 2.41. The fourth-order valence-corrected chi connectivity index (χ4v) is 2.79. The highest BCUT2D eigenvalue weighted by Crippen LogP contribution is 2.33. The van der Waals surface area contributed by atoms with E-state index in [1.54, 1.807) is 0 Å². The van der Waals surface area contributed by atoms with Crippen molar-refractivity contribution in [3.63, 3.8) is 0 Å². The quantitative estimate of drug-likeness (QED) is 0.680. The molecule has 1 unspecified atom stereocenters. The molecule has 0 aliphatic carbocycles. The lowest BCUT2D eigenvalue weighted by Gasteiger charge is -2.20. The molecule has 0 saturated carbocycles. The van der Waals surface area contributed by atoms with Crippen molar-refractivity contribution in [3.05, 3.63) is 67.2 Å². The molecular weight excluding hydrogens is 392 g/mol. The summed E-state index contributed by atoms with van der Waals surface area (Å²) in [7, 11) is 0. The number of hydrogen-bond donors (Lipinski definition) is 1. The minimum absolute atomic E-state index is 0.0631. The Morgan fingerprint density at radius 1 is 1.11 bits per heavy atom. The summed E-state index contributed by atoms with van der Waals surface area (Å²) in [6.07, 6.45) is 0. The molecular formula is C15H14Cl2IN. The number of rotatable bonds is 4. The monoisotopic (exact) mass is 405 g/mol. The first-order valence-electron chi connectivity index (χ1n) is 6.06. The molecule has 1 nitrogen and oxygen atoms in total. The summed E-state index contributed by atoms with van der Waals surface area (Å²) in [6, 6.07) is 14.2. The average molecular weight is 406 g/mol. The van der Waals surface area contributed by atoms with Gasteiger partial charge >= 0.3 is 0 Å². The maximum absolute atomic E-state index is 6.33. The molecule has 19 heavy (non-hydrogen) atoms. The predicted octanol–water partition coefficient (Wildman–Crippen LogP) is 5.30. The van der Waals surface area contributed by atoms with E-state index in [0.29, 0.717) is 10.0 Å². The minimum Gasteiger partial charge on any atom is -0.306 e. The Labute approximate surface area is 137 Å². The van der Waals surface area contributed by atoms with E-state index in [0.717, 1.165) is 12.1 Å². The van der Waals surface area contributed by atoms with Gasteiger partial charge in [0.2, 0.25) is 0 Å². The van der Waals surface area contributed by atoms with Gasteiger partial charge in [-0.1, -0.05) is 54.4 Å². The molecule has 0 fully saturated rings. The molecule has 2 rings (SSSR count). The Morgan fingerprint density at radius 3 is 2.42 bits per heavy atom. The van der Waals surface area contributed by atoms with E-state index in [4.69, 9.17) is 23.2 Å². The second-order valence-corrected chi connectivity index (χ2v) is 6.22. The van der Waals surface area contributed by atoms with Crippen LogP contribution in [0.1, 0.15) is 24.1 Å². The third-order valence-electron chi connectivity index (χ3n) is 2.90. The molecule has 2 aromatic rings. The first-order chi connectivity index (χ1) is 9.13. The molecule has 0 heterocycles. The molecule has 0 saturated heterocycles. The molecule has 0 aliphatic rings.